The van der Waals surface area contributed by atoms with Crippen LogP contribution in [0.2, 0.25) is 0 Å². The summed E-state index contributed by atoms with van der Waals surface area (Å²) < 4.78 is 6.89. The summed E-state index contributed by atoms with van der Waals surface area (Å²) in [5.74, 6) is 1.30. The molecule has 0 saturated heterocycles. The van der Waals surface area contributed by atoms with Gasteiger partial charge in [-0.2, -0.15) is 0 Å². The smallest absolute Gasteiger partial charge is 0.127 e. The molecule has 18 heavy (non-hydrogen) atoms. The Hall–Kier alpha value is -1.06. The first-order valence-corrected chi connectivity index (χ1v) is 6.90. The van der Waals surface area contributed by atoms with Gasteiger partial charge in [0, 0.05) is 22.4 Å². The van der Waals surface area contributed by atoms with Crippen molar-refractivity contribution in [2.75, 3.05) is 0 Å². The van der Waals surface area contributed by atoms with Crippen molar-refractivity contribution in [3.8, 4) is 5.75 Å². The fraction of sp³-hybridized carbons (Fsp3) is 0.214. The Morgan fingerprint density at radius 2 is 2.00 bits per heavy atom. The number of rotatable bonds is 4. The second-order valence-electron chi connectivity index (χ2n) is 3.99. The van der Waals surface area contributed by atoms with Crippen molar-refractivity contribution in [3.63, 3.8) is 0 Å². The van der Waals surface area contributed by atoms with Gasteiger partial charge in [-0.05, 0) is 42.3 Å². The van der Waals surface area contributed by atoms with Crippen LogP contribution in [-0.2, 0) is 12.5 Å². The van der Waals surface area contributed by atoms with Gasteiger partial charge in [-0.25, -0.2) is 0 Å². The molecule has 0 aliphatic carbocycles. The highest BCUT2D eigenvalue weighted by molar-refractivity contribution is 9.10. The number of hydrogen-bond donors (Lipinski definition) is 0. The predicted octanol–water partition coefficient (Wildman–Crippen LogP) is 4.47. The largest absolute Gasteiger partial charge is 0.488 e. The molecule has 94 valence electrons. The van der Waals surface area contributed by atoms with Gasteiger partial charge in [0.1, 0.15) is 12.4 Å². The standard InChI is InChI=1S/C14H13BrClNO/c1-10-6-13(15)7-12(8-16)14(10)18-9-11-2-4-17-5-3-11/h2-7H,8-9H2,1H3. The van der Waals surface area contributed by atoms with E-state index in [2.05, 4.69) is 20.9 Å². The lowest BCUT2D eigenvalue weighted by molar-refractivity contribution is 0.301. The lowest BCUT2D eigenvalue weighted by atomic mass is 10.1. The van der Waals surface area contributed by atoms with E-state index >= 15 is 0 Å². The van der Waals surface area contributed by atoms with Crippen LogP contribution >= 0.6 is 27.5 Å². The second-order valence-corrected chi connectivity index (χ2v) is 5.17. The molecule has 0 saturated carbocycles. The summed E-state index contributed by atoms with van der Waals surface area (Å²) in [6.45, 7) is 2.54. The Morgan fingerprint density at radius 1 is 1.28 bits per heavy atom. The highest BCUT2D eigenvalue weighted by Gasteiger charge is 2.08. The highest BCUT2D eigenvalue weighted by atomic mass is 79.9. The molecule has 2 rings (SSSR count). The monoisotopic (exact) mass is 325 g/mol. The SMILES string of the molecule is Cc1cc(Br)cc(CCl)c1OCc1ccncc1. The van der Waals surface area contributed by atoms with Crippen molar-refractivity contribution in [1.29, 1.82) is 0 Å². The van der Waals surface area contributed by atoms with Crippen LogP contribution in [0, 0.1) is 6.92 Å². The van der Waals surface area contributed by atoms with Gasteiger partial charge in [-0.15, -0.1) is 11.6 Å². The fourth-order valence-electron chi connectivity index (χ4n) is 1.74. The van der Waals surface area contributed by atoms with E-state index in [-0.39, 0.29) is 0 Å². The molecule has 0 atom stereocenters. The molecule has 0 radical (unpaired) electrons. The van der Waals surface area contributed by atoms with Gasteiger partial charge in [0.2, 0.25) is 0 Å². The summed E-state index contributed by atoms with van der Waals surface area (Å²) in [5.41, 5.74) is 3.17. The van der Waals surface area contributed by atoms with Crippen LogP contribution in [0.25, 0.3) is 0 Å². The number of alkyl halides is 1. The highest BCUT2D eigenvalue weighted by Crippen LogP contribution is 2.29. The van der Waals surface area contributed by atoms with Crippen LogP contribution in [0.15, 0.2) is 41.1 Å². The molecule has 0 bridgehead atoms. The van der Waals surface area contributed by atoms with Crippen LogP contribution in [0.3, 0.4) is 0 Å². The molecular weight excluding hydrogens is 314 g/mol. The summed E-state index contributed by atoms with van der Waals surface area (Å²) in [6.07, 6.45) is 3.52. The topological polar surface area (TPSA) is 22.1 Å². The third-order valence-electron chi connectivity index (χ3n) is 2.59. The first kappa shape index (κ1) is 13.4. The fourth-order valence-corrected chi connectivity index (χ4v) is 2.56. The summed E-state index contributed by atoms with van der Waals surface area (Å²) in [5, 5.41) is 0. The summed E-state index contributed by atoms with van der Waals surface area (Å²) in [7, 11) is 0. The average molecular weight is 327 g/mol. The third-order valence-corrected chi connectivity index (χ3v) is 3.34. The molecule has 0 amide bonds. The van der Waals surface area contributed by atoms with Crippen LogP contribution < -0.4 is 4.74 Å². The minimum Gasteiger partial charge on any atom is -0.488 e. The third kappa shape index (κ3) is 3.24. The van der Waals surface area contributed by atoms with Crippen molar-refractivity contribution in [3.05, 3.63) is 57.8 Å². The summed E-state index contributed by atoms with van der Waals surface area (Å²) >= 11 is 9.41. The number of aryl methyl sites for hydroxylation is 1. The van der Waals surface area contributed by atoms with Crippen molar-refractivity contribution in [2.24, 2.45) is 0 Å². The van der Waals surface area contributed by atoms with Crippen molar-refractivity contribution in [1.82, 2.24) is 4.98 Å². The van der Waals surface area contributed by atoms with Gasteiger partial charge < -0.3 is 4.74 Å². The molecule has 0 aliphatic heterocycles. The lowest BCUT2D eigenvalue weighted by Gasteiger charge is -2.13. The molecule has 2 nitrogen and oxygen atoms in total. The zero-order valence-corrected chi connectivity index (χ0v) is 12.3. The Bertz CT molecular complexity index is 531. The average Bonchev–Trinajstić information content (AvgIpc) is 2.38. The Morgan fingerprint density at radius 3 is 2.67 bits per heavy atom. The first-order chi connectivity index (χ1) is 8.70. The Kier molecular flexibility index (Phi) is 4.61. The maximum Gasteiger partial charge on any atom is 0.127 e. The maximum absolute atomic E-state index is 5.95. The molecule has 0 fully saturated rings. The molecule has 1 aromatic heterocycles. The maximum atomic E-state index is 5.95. The van der Waals surface area contributed by atoms with Crippen LogP contribution in [-0.4, -0.2) is 4.98 Å². The van der Waals surface area contributed by atoms with Gasteiger partial charge in [0.05, 0.1) is 5.88 Å². The molecule has 0 aliphatic rings. The Labute approximate surface area is 120 Å². The van der Waals surface area contributed by atoms with Gasteiger partial charge in [0.25, 0.3) is 0 Å². The second kappa shape index (κ2) is 6.21. The minimum atomic E-state index is 0.436. The number of ether oxygens (including phenoxy) is 1. The normalized spacial score (nSPS) is 10.4. The number of aromatic nitrogens is 1. The molecule has 2 aromatic rings. The van der Waals surface area contributed by atoms with Crippen LogP contribution in [0.4, 0.5) is 0 Å². The van der Waals surface area contributed by atoms with Crippen LogP contribution in [0.1, 0.15) is 16.7 Å². The molecule has 0 spiro atoms. The van der Waals surface area contributed by atoms with E-state index in [0.717, 1.165) is 26.9 Å². The number of nitrogens with zero attached hydrogens (tertiary/aromatic N) is 1. The minimum absolute atomic E-state index is 0.436. The number of halogens is 2. The summed E-state index contributed by atoms with van der Waals surface area (Å²) in [4.78, 5) is 3.98. The molecule has 0 unspecified atom stereocenters. The predicted molar refractivity (Wildman–Crippen MR) is 77.0 cm³/mol. The van der Waals surface area contributed by atoms with Crippen molar-refractivity contribution in [2.45, 2.75) is 19.4 Å². The van der Waals surface area contributed by atoms with E-state index in [0.29, 0.717) is 12.5 Å². The molecule has 1 aromatic carbocycles. The van der Waals surface area contributed by atoms with E-state index in [9.17, 15) is 0 Å². The van der Waals surface area contributed by atoms with E-state index in [1.54, 1.807) is 12.4 Å². The lowest BCUT2D eigenvalue weighted by Crippen LogP contribution is -2.00. The zero-order valence-electron chi connectivity index (χ0n) is 9.99. The van der Waals surface area contributed by atoms with Gasteiger partial charge in [-0.1, -0.05) is 15.9 Å². The van der Waals surface area contributed by atoms with Crippen molar-refractivity contribution >= 4 is 27.5 Å². The van der Waals surface area contributed by atoms with E-state index in [1.165, 1.54) is 0 Å². The molecule has 0 N–H and O–H groups in total. The van der Waals surface area contributed by atoms with Gasteiger partial charge >= 0.3 is 0 Å². The molecule has 4 heteroatoms. The van der Waals surface area contributed by atoms with Crippen LogP contribution in [0.5, 0.6) is 5.75 Å². The van der Waals surface area contributed by atoms with E-state index < -0.39 is 0 Å². The van der Waals surface area contributed by atoms with Crippen molar-refractivity contribution < 1.29 is 4.74 Å². The molecule has 1 heterocycles. The molecular formula is C14H13BrClNO. The number of pyridine rings is 1. The van der Waals surface area contributed by atoms with E-state index in [1.807, 2.05) is 31.2 Å². The van der Waals surface area contributed by atoms with E-state index in [4.69, 9.17) is 16.3 Å². The number of benzene rings is 1. The Balaban J connectivity index is 2.19. The number of hydrogen-bond acceptors (Lipinski definition) is 2. The van der Waals surface area contributed by atoms with Gasteiger partial charge in [-0.3, -0.25) is 4.98 Å². The zero-order chi connectivity index (χ0) is 13.0. The first-order valence-electron chi connectivity index (χ1n) is 5.57. The quantitative estimate of drug-likeness (QED) is 0.773. The summed E-state index contributed by atoms with van der Waals surface area (Å²) in [6, 6.07) is 7.89. The van der Waals surface area contributed by atoms with Gasteiger partial charge in [0.15, 0.2) is 0 Å².